The molecule has 126 valence electrons. The Bertz CT molecular complexity index is 502. The summed E-state index contributed by atoms with van der Waals surface area (Å²) in [4.78, 5) is 1.99. The van der Waals surface area contributed by atoms with Crippen molar-refractivity contribution in [1.29, 1.82) is 0 Å². The highest BCUT2D eigenvalue weighted by molar-refractivity contribution is 5.85. The van der Waals surface area contributed by atoms with Gasteiger partial charge in [0.2, 0.25) is 0 Å². The minimum Gasteiger partial charge on any atom is -0.395 e. The quantitative estimate of drug-likeness (QED) is 0.898. The maximum atomic E-state index is 13.3. The third-order valence-corrected chi connectivity index (χ3v) is 3.55. The molecule has 0 aliphatic carbocycles. The van der Waals surface area contributed by atoms with E-state index < -0.39 is 19.0 Å². The van der Waals surface area contributed by atoms with Gasteiger partial charge in [0.15, 0.2) is 11.5 Å². The number of hydrogen-bond donors (Lipinski definition) is 1. The molecule has 2 heterocycles. The molecule has 1 fully saturated rings. The van der Waals surface area contributed by atoms with Crippen molar-refractivity contribution < 1.29 is 22.6 Å². The lowest BCUT2D eigenvalue weighted by molar-refractivity contribution is -0.286. The zero-order chi connectivity index (χ0) is 14.2. The van der Waals surface area contributed by atoms with Gasteiger partial charge >= 0.3 is 6.29 Å². The second kappa shape index (κ2) is 7.59. The molecule has 22 heavy (non-hydrogen) atoms. The first kappa shape index (κ1) is 19.2. The fourth-order valence-electron chi connectivity index (χ4n) is 2.56. The molecule has 0 spiro atoms. The summed E-state index contributed by atoms with van der Waals surface area (Å²) in [5.74, 6) is -0.0576. The summed E-state index contributed by atoms with van der Waals surface area (Å²) in [6.07, 6.45) is -3.64. The smallest absolute Gasteiger partial charge is 0.395 e. The average Bonchev–Trinajstić information content (AvgIpc) is 2.74. The molecule has 0 bridgehead atoms. The number of fused-ring (bicyclic) bond motifs is 1. The molecule has 1 atom stereocenters. The number of benzene rings is 1. The molecule has 0 unspecified atom stereocenters. The van der Waals surface area contributed by atoms with Crippen LogP contribution in [0.25, 0.3) is 0 Å². The molecule has 2 aliphatic rings. The summed E-state index contributed by atoms with van der Waals surface area (Å²) >= 11 is 0. The minimum atomic E-state index is -3.64. The molecule has 1 N–H and O–H groups in total. The summed E-state index contributed by atoms with van der Waals surface area (Å²) in [5.41, 5.74) is 0.620. The van der Waals surface area contributed by atoms with Crippen LogP contribution >= 0.6 is 24.8 Å². The number of hydrogen-bond acceptors (Lipinski definition) is 4. The highest BCUT2D eigenvalue weighted by Gasteiger charge is 2.43. The Morgan fingerprint density at radius 2 is 1.77 bits per heavy atom. The van der Waals surface area contributed by atoms with Crippen molar-refractivity contribution >= 4 is 24.8 Å². The normalized spacial score (nSPS) is 20.7. The topological polar surface area (TPSA) is 33.7 Å². The molecule has 0 amide bonds. The number of ether oxygens (including phenoxy) is 2. The van der Waals surface area contributed by atoms with Crippen molar-refractivity contribution in [3.05, 3.63) is 23.8 Å². The van der Waals surface area contributed by atoms with Gasteiger partial charge in [-0.1, -0.05) is 6.07 Å². The number of rotatable bonds is 3. The fraction of sp³-hybridized carbons (Fsp3) is 0.538. The van der Waals surface area contributed by atoms with Crippen molar-refractivity contribution in [1.82, 2.24) is 10.2 Å². The van der Waals surface area contributed by atoms with Crippen LogP contribution in [0, 0.1) is 0 Å². The predicted octanol–water partition coefficient (Wildman–Crippen LogP) is 2.77. The van der Waals surface area contributed by atoms with Gasteiger partial charge in [0.1, 0.15) is 6.67 Å². The fourth-order valence-corrected chi connectivity index (χ4v) is 2.56. The van der Waals surface area contributed by atoms with Gasteiger partial charge in [-0.15, -0.1) is 33.6 Å². The highest BCUT2D eigenvalue weighted by atomic mass is 35.5. The van der Waals surface area contributed by atoms with Gasteiger partial charge in [0, 0.05) is 26.2 Å². The van der Waals surface area contributed by atoms with E-state index in [9.17, 15) is 13.2 Å². The van der Waals surface area contributed by atoms with E-state index in [1.165, 1.54) is 12.1 Å². The highest BCUT2D eigenvalue weighted by Crippen LogP contribution is 2.42. The van der Waals surface area contributed by atoms with Crippen LogP contribution in [0.3, 0.4) is 0 Å². The monoisotopic (exact) mass is 360 g/mol. The standard InChI is InChI=1S/C13H15F3N2O2.2ClH/c14-8-10(18-5-3-17-4-6-18)9-1-2-11-12(7-9)20-13(15,16)19-11;;/h1-2,7,10,17H,3-6,8H2;2*1H/t10-;;/m1../s1. The molecule has 2 aliphatic heterocycles. The van der Waals surface area contributed by atoms with Gasteiger partial charge in [-0.2, -0.15) is 0 Å². The molecule has 0 saturated carbocycles. The van der Waals surface area contributed by atoms with Crippen LogP contribution in [0.4, 0.5) is 13.2 Å². The van der Waals surface area contributed by atoms with E-state index in [1.807, 2.05) is 4.90 Å². The molecule has 9 heteroatoms. The Morgan fingerprint density at radius 3 is 2.41 bits per heavy atom. The predicted molar refractivity (Wildman–Crippen MR) is 80.3 cm³/mol. The Balaban J connectivity index is 0.00000121. The molecular formula is C13H17Cl2F3N2O2. The molecule has 1 aromatic carbocycles. The van der Waals surface area contributed by atoms with Gasteiger partial charge < -0.3 is 14.8 Å². The van der Waals surface area contributed by atoms with E-state index in [-0.39, 0.29) is 36.3 Å². The molecule has 3 rings (SSSR count). The molecule has 0 radical (unpaired) electrons. The van der Waals surface area contributed by atoms with Crippen LogP contribution in [-0.4, -0.2) is 44.0 Å². The number of nitrogens with zero attached hydrogens (tertiary/aromatic N) is 1. The summed E-state index contributed by atoms with van der Waals surface area (Å²) in [5, 5.41) is 3.19. The third kappa shape index (κ3) is 3.90. The molecule has 1 saturated heterocycles. The van der Waals surface area contributed by atoms with Crippen molar-refractivity contribution in [3.63, 3.8) is 0 Å². The number of alkyl halides is 3. The number of nitrogens with one attached hydrogen (secondary N) is 1. The van der Waals surface area contributed by atoms with E-state index >= 15 is 0 Å². The van der Waals surface area contributed by atoms with E-state index in [0.717, 1.165) is 26.2 Å². The minimum absolute atomic E-state index is 0. The second-order valence-electron chi connectivity index (χ2n) is 4.83. The Labute approximate surface area is 138 Å². The van der Waals surface area contributed by atoms with Crippen LogP contribution < -0.4 is 14.8 Å². The summed E-state index contributed by atoms with van der Waals surface area (Å²) in [6, 6.07) is 4.00. The van der Waals surface area contributed by atoms with E-state index in [4.69, 9.17) is 0 Å². The number of halogens is 5. The van der Waals surface area contributed by atoms with Crippen molar-refractivity contribution in [2.75, 3.05) is 32.9 Å². The van der Waals surface area contributed by atoms with Crippen molar-refractivity contribution in [2.45, 2.75) is 12.3 Å². The summed E-state index contributed by atoms with van der Waals surface area (Å²) in [7, 11) is 0. The maximum absolute atomic E-state index is 13.3. The first-order valence-electron chi connectivity index (χ1n) is 6.49. The molecule has 1 aromatic rings. The Morgan fingerprint density at radius 1 is 1.14 bits per heavy atom. The van der Waals surface area contributed by atoms with Crippen LogP contribution in [0.15, 0.2) is 18.2 Å². The van der Waals surface area contributed by atoms with Crippen LogP contribution in [0.1, 0.15) is 11.6 Å². The van der Waals surface area contributed by atoms with Gasteiger partial charge in [0.25, 0.3) is 0 Å². The lowest BCUT2D eigenvalue weighted by Crippen LogP contribution is -2.45. The first-order valence-corrected chi connectivity index (χ1v) is 6.49. The van der Waals surface area contributed by atoms with Crippen LogP contribution in [0.2, 0.25) is 0 Å². The van der Waals surface area contributed by atoms with Gasteiger partial charge in [-0.05, 0) is 17.7 Å². The van der Waals surface area contributed by atoms with Gasteiger partial charge in [-0.25, -0.2) is 4.39 Å². The lowest BCUT2D eigenvalue weighted by Gasteiger charge is -2.33. The van der Waals surface area contributed by atoms with Crippen LogP contribution in [0.5, 0.6) is 11.5 Å². The van der Waals surface area contributed by atoms with Crippen LogP contribution in [-0.2, 0) is 0 Å². The molecule has 4 nitrogen and oxygen atoms in total. The summed E-state index contributed by atoms with van der Waals surface area (Å²) in [6.45, 7) is 2.45. The molecular weight excluding hydrogens is 344 g/mol. The first-order chi connectivity index (χ1) is 9.59. The lowest BCUT2D eigenvalue weighted by atomic mass is 10.0. The zero-order valence-corrected chi connectivity index (χ0v) is 13.2. The zero-order valence-electron chi connectivity index (χ0n) is 11.6. The average molecular weight is 361 g/mol. The van der Waals surface area contributed by atoms with E-state index in [1.54, 1.807) is 6.07 Å². The summed E-state index contributed by atoms with van der Waals surface area (Å²) < 4.78 is 48.0. The SMILES string of the molecule is Cl.Cl.FC[C@H](c1ccc2c(c1)OC(F)(F)O2)N1CCNCC1. The molecule has 0 aromatic heterocycles. The number of piperazine rings is 1. The second-order valence-corrected chi connectivity index (χ2v) is 4.83. The van der Waals surface area contributed by atoms with E-state index in [0.29, 0.717) is 5.56 Å². The third-order valence-electron chi connectivity index (χ3n) is 3.55. The van der Waals surface area contributed by atoms with Gasteiger partial charge in [0.05, 0.1) is 6.04 Å². The Kier molecular flexibility index (Phi) is 6.61. The van der Waals surface area contributed by atoms with Crippen molar-refractivity contribution in [2.24, 2.45) is 0 Å². The Hall–Kier alpha value is -0.890. The van der Waals surface area contributed by atoms with Gasteiger partial charge in [-0.3, -0.25) is 4.90 Å². The van der Waals surface area contributed by atoms with Crippen molar-refractivity contribution in [3.8, 4) is 11.5 Å². The maximum Gasteiger partial charge on any atom is 0.586 e. The largest absolute Gasteiger partial charge is 0.586 e. The van der Waals surface area contributed by atoms with E-state index in [2.05, 4.69) is 14.8 Å².